The molecule has 25 heavy (non-hydrogen) atoms. The number of nitrogens with zero attached hydrogens (tertiary/aromatic N) is 3. The van der Waals surface area contributed by atoms with Crippen molar-refractivity contribution in [2.45, 2.75) is 13.3 Å². The highest BCUT2D eigenvalue weighted by Crippen LogP contribution is 2.23. The second-order valence-corrected chi connectivity index (χ2v) is 4.67. The van der Waals surface area contributed by atoms with Gasteiger partial charge in [0.2, 0.25) is 0 Å². The van der Waals surface area contributed by atoms with Crippen LogP contribution in [0.5, 0.6) is 5.75 Å². The van der Waals surface area contributed by atoms with Crippen molar-refractivity contribution in [3.8, 4) is 23.3 Å². The summed E-state index contributed by atoms with van der Waals surface area (Å²) in [6.45, 7) is 5.47. The third kappa shape index (κ3) is 5.70. The minimum Gasteiger partial charge on any atom is -0.406 e. The Kier molecular flexibility index (Phi) is 5.79. The predicted molar refractivity (Wildman–Crippen MR) is 89.6 cm³/mol. The van der Waals surface area contributed by atoms with Crippen LogP contribution in [0.1, 0.15) is 12.5 Å². The van der Waals surface area contributed by atoms with Crippen LogP contribution < -0.4 is 4.74 Å². The van der Waals surface area contributed by atoms with Crippen molar-refractivity contribution in [3.63, 3.8) is 0 Å². The number of allylic oxidation sites excluding steroid dienone is 2. The van der Waals surface area contributed by atoms with Gasteiger partial charge in [0, 0.05) is 12.4 Å². The molecule has 0 saturated carbocycles. The molecule has 128 valence electrons. The van der Waals surface area contributed by atoms with Crippen molar-refractivity contribution in [2.75, 3.05) is 0 Å². The number of hydrogen-bond acceptors (Lipinski definition) is 3. The van der Waals surface area contributed by atoms with Crippen LogP contribution in [0.3, 0.4) is 0 Å². The molecule has 2 rings (SSSR count). The molecule has 0 atom stereocenters. The highest BCUT2D eigenvalue weighted by atomic mass is 19.4. The van der Waals surface area contributed by atoms with E-state index in [2.05, 4.69) is 33.2 Å². The Hall–Kier alpha value is -3.27. The summed E-state index contributed by atoms with van der Waals surface area (Å²) < 4.78 is 41.8. The molecule has 0 bridgehead atoms. The molecule has 0 fully saturated rings. The molecule has 7 heteroatoms. The van der Waals surface area contributed by atoms with Crippen LogP contribution in [-0.4, -0.2) is 21.9 Å². The van der Waals surface area contributed by atoms with E-state index in [4.69, 9.17) is 0 Å². The molecule has 1 aromatic heterocycles. The normalized spacial score (nSPS) is 11.9. The number of rotatable bonds is 4. The van der Waals surface area contributed by atoms with Crippen LogP contribution in [0.4, 0.5) is 13.2 Å². The van der Waals surface area contributed by atoms with Crippen LogP contribution in [0.2, 0.25) is 0 Å². The molecule has 4 nitrogen and oxygen atoms in total. The van der Waals surface area contributed by atoms with Gasteiger partial charge in [-0.3, -0.25) is 0 Å². The molecule has 2 aromatic rings. The predicted octanol–water partition coefficient (Wildman–Crippen LogP) is 4.28. The van der Waals surface area contributed by atoms with Crippen LogP contribution in [0.15, 0.2) is 66.6 Å². The number of alkyl halides is 3. The lowest BCUT2D eigenvalue weighted by Crippen LogP contribution is -2.17. The number of ether oxygens (including phenoxy) is 1. The Bertz CT molecular complexity index is 850. The zero-order chi connectivity index (χ0) is 18.3. The quantitative estimate of drug-likeness (QED) is 0.613. The molecule has 0 aliphatic heterocycles. The zero-order valence-electron chi connectivity index (χ0n) is 13.3. The van der Waals surface area contributed by atoms with E-state index in [0.29, 0.717) is 17.0 Å². The molecular weight excluding hydrogens is 331 g/mol. The van der Waals surface area contributed by atoms with Crippen molar-refractivity contribution >= 4 is 5.71 Å². The van der Waals surface area contributed by atoms with Gasteiger partial charge in [-0.05, 0) is 43.2 Å². The summed E-state index contributed by atoms with van der Waals surface area (Å²) in [4.78, 5) is 4.09. The minimum atomic E-state index is -4.71. The standard InChI is InChI=1S/C18H14F3N3O/c1-3-11-22-15(4-2)6-5-14-12-23-24(13-14)16-7-9-17(10-8-16)25-18(19,20)21/h3-4,7-13H,2H2,1H3/b11-3-,22-15+. The van der Waals surface area contributed by atoms with Crippen LogP contribution in [0, 0.1) is 11.8 Å². The van der Waals surface area contributed by atoms with Crippen LogP contribution >= 0.6 is 0 Å². The molecule has 0 aliphatic rings. The molecule has 0 amide bonds. The van der Waals surface area contributed by atoms with E-state index in [1.807, 2.05) is 6.92 Å². The lowest BCUT2D eigenvalue weighted by Gasteiger charge is -2.09. The van der Waals surface area contributed by atoms with Crippen molar-refractivity contribution in [1.29, 1.82) is 0 Å². The van der Waals surface area contributed by atoms with E-state index >= 15 is 0 Å². The van der Waals surface area contributed by atoms with Crippen molar-refractivity contribution in [1.82, 2.24) is 9.78 Å². The van der Waals surface area contributed by atoms with Gasteiger partial charge in [0.25, 0.3) is 0 Å². The molecule has 0 N–H and O–H groups in total. The molecule has 0 spiro atoms. The first-order valence-electron chi connectivity index (χ1n) is 7.15. The lowest BCUT2D eigenvalue weighted by molar-refractivity contribution is -0.274. The fourth-order valence-electron chi connectivity index (χ4n) is 1.76. The largest absolute Gasteiger partial charge is 0.573 e. The summed E-state index contributed by atoms with van der Waals surface area (Å²) in [5.41, 5.74) is 1.72. The van der Waals surface area contributed by atoms with Gasteiger partial charge in [-0.2, -0.15) is 5.10 Å². The number of aliphatic imine (C=N–C) groups is 1. The SMILES string of the molecule is C=C/C(C#Cc1cnn(-c2ccc(OC(F)(F)F)cc2)c1)=N\C=C/C. The Balaban J connectivity index is 2.15. The van der Waals surface area contributed by atoms with E-state index in [1.165, 1.54) is 35.0 Å². The Labute approximate surface area is 143 Å². The van der Waals surface area contributed by atoms with E-state index in [-0.39, 0.29) is 5.75 Å². The molecular formula is C18H14F3N3O. The average Bonchev–Trinajstić information content (AvgIpc) is 3.03. The molecule has 1 aromatic carbocycles. The maximum Gasteiger partial charge on any atom is 0.573 e. The molecule has 1 heterocycles. The topological polar surface area (TPSA) is 39.4 Å². The van der Waals surface area contributed by atoms with E-state index in [0.717, 1.165) is 0 Å². The van der Waals surface area contributed by atoms with Crippen molar-refractivity contribution < 1.29 is 17.9 Å². The van der Waals surface area contributed by atoms with Gasteiger partial charge in [0.05, 0.1) is 17.4 Å². The Morgan fingerprint density at radius 2 is 2.04 bits per heavy atom. The van der Waals surface area contributed by atoms with E-state index in [1.54, 1.807) is 24.7 Å². The number of halogens is 3. The van der Waals surface area contributed by atoms with Crippen LogP contribution in [0.25, 0.3) is 5.69 Å². The maximum absolute atomic E-state index is 12.1. The molecule has 0 aliphatic carbocycles. The smallest absolute Gasteiger partial charge is 0.406 e. The highest BCUT2D eigenvalue weighted by molar-refractivity contribution is 6.09. The zero-order valence-corrected chi connectivity index (χ0v) is 13.3. The summed E-state index contributed by atoms with van der Waals surface area (Å²) in [5.74, 6) is 5.45. The van der Waals surface area contributed by atoms with Gasteiger partial charge >= 0.3 is 6.36 Å². The highest BCUT2D eigenvalue weighted by Gasteiger charge is 2.30. The summed E-state index contributed by atoms with van der Waals surface area (Å²) in [7, 11) is 0. The van der Waals surface area contributed by atoms with Crippen molar-refractivity contribution in [3.05, 3.63) is 67.2 Å². The maximum atomic E-state index is 12.1. The van der Waals surface area contributed by atoms with Gasteiger partial charge in [0.15, 0.2) is 0 Å². The fourth-order valence-corrected chi connectivity index (χ4v) is 1.76. The summed E-state index contributed by atoms with van der Waals surface area (Å²) >= 11 is 0. The number of benzene rings is 1. The van der Waals surface area contributed by atoms with Crippen LogP contribution in [-0.2, 0) is 0 Å². The van der Waals surface area contributed by atoms with Gasteiger partial charge in [-0.15, -0.1) is 13.2 Å². The second-order valence-electron chi connectivity index (χ2n) is 4.67. The summed E-state index contributed by atoms with van der Waals surface area (Å²) in [6, 6.07) is 5.37. The first-order valence-corrected chi connectivity index (χ1v) is 7.15. The van der Waals surface area contributed by atoms with Gasteiger partial charge < -0.3 is 4.74 Å². The third-order valence-corrected chi connectivity index (χ3v) is 2.81. The monoisotopic (exact) mass is 345 g/mol. The summed E-state index contributed by atoms with van der Waals surface area (Å²) in [6.07, 6.45) is 3.41. The van der Waals surface area contributed by atoms with Crippen molar-refractivity contribution in [2.24, 2.45) is 4.99 Å². The minimum absolute atomic E-state index is 0.292. The Morgan fingerprint density at radius 3 is 2.64 bits per heavy atom. The second kappa shape index (κ2) is 8.02. The Morgan fingerprint density at radius 1 is 1.32 bits per heavy atom. The summed E-state index contributed by atoms with van der Waals surface area (Å²) in [5, 5.41) is 4.13. The van der Waals surface area contributed by atoms with Gasteiger partial charge in [0.1, 0.15) is 11.5 Å². The average molecular weight is 345 g/mol. The van der Waals surface area contributed by atoms with E-state index < -0.39 is 6.36 Å². The molecule has 0 unspecified atom stereocenters. The number of aromatic nitrogens is 2. The first-order chi connectivity index (χ1) is 11.9. The van der Waals surface area contributed by atoms with Gasteiger partial charge in [-0.1, -0.05) is 18.6 Å². The van der Waals surface area contributed by atoms with E-state index in [9.17, 15) is 13.2 Å². The third-order valence-electron chi connectivity index (χ3n) is 2.81. The fraction of sp³-hybridized carbons (Fsp3) is 0.111. The molecule has 0 radical (unpaired) electrons. The lowest BCUT2D eigenvalue weighted by atomic mass is 10.3. The number of hydrogen-bond donors (Lipinski definition) is 0. The van der Waals surface area contributed by atoms with Gasteiger partial charge in [-0.25, -0.2) is 9.67 Å². The molecule has 0 saturated heterocycles. The first kappa shape index (κ1) is 18.1.